The Morgan fingerprint density at radius 3 is 0.900 bits per heavy atom. The second kappa shape index (κ2) is 22.2. The van der Waals surface area contributed by atoms with E-state index in [1.807, 2.05) is 0 Å². The Morgan fingerprint density at radius 2 is 0.720 bits per heavy atom. The molecule has 0 bridgehead atoms. The van der Waals surface area contributed by atoms with Gasteiger partial charge in [-0.05, 0) is 0 Å². The molecule has 1 rings (SSSR count). The molecule has 0 aliphatic heterocycles. The molecule has 0 spiro atoms. The van der Waals surface area contributed by atoms with Gasteiger partial charge in [0.05, 0.1) is 0 Å². The molecule has 7 nitrogen and oxygen atoms in total. The number of hydrogen-bond acceptors (Lipinski definition) is 6. The van der Waals surface area contributed by atoms with Crippen LogP contribution in [0, 0.1) is 0 Å². The monoisotopic (exact) mass is 762 g/mol. The van der Waals surface area contributed by atoms with E-state index < -0.39 is 40.6 Å². The SMILES string of the molecule is CCCCP(CCCC)(CCCC)(CCCC)OC(=O)c1cccc(C(=O)OP(CCCC)(CCCC)(CCCC)CCCC)c1S(=O)(=O)O. The zero-order valence-electron chi connectivity index (χ0n) is 33.4. The predicted molar refractivity (Wildman–Crippen MR) is 219 cm³/mol. The summed E-state index contributed by atoms with van der Waals surface area (Å²) in [6, 6.07) is 4.34. The van der Waals surface area contributed by atoms with Crippen LogP contribution in [0.3, 0.4) is 0 Å². The maximum atomic E-state index is 14.6. The van der Waals surface area contributed by atoms with Crippen LogP contribution in [-0.4, -0.2) is 74.2 Å². The van der Waals surface area contributed by atoms with E-state index in [1.54, 1.807) is 0 Å². The number of unbranched alkanes of at least 4 members (excludes halogenated alkanes) is 8. The Labute approximate surface area is 308 Å². The summed E-state index contributed by atoms with van der Waals surface area (Å²) in [6.45, 7) is 10.9. The first-order chi connectivity index (χ1) is 23.7. The molecule has 50 heavy (non-hydrogen) atoms. The van der Waals surface area contributed by atoms with Crippen LogP contribution in [0.15, 0.2) is 23.1 Å². The van der Waals surface area contributed by atoms with Gasteiger partial charge in [0.2, 0.25) is 0 Å². The molecule has 0 saturated heterocycles. The number of rotatable bonds is 29. The second-order valence-corrected chi connectivity index (χ2v) is 28.0. The van der Waals surface area contributed by atoms with Crippen molar-refractivity contribution in [2.24, 2.45) is 0 Å². The third kappa shape index (κ3) is 13.1. The van der Waals surface area contributed by atoms with Crippen LogP contribution in [-0.2, 0) is 19.2 Å². The summed E-state index contributed by atoms with van der Waals surface area (Å²) in [4.78, 5) is 28.5. The molecule has 294 valence electrons. The van der Waals surface area contributed by atoms with Gasteiger partial charge in [0, 0.05) is 0 Å². The third-order valence-corrected chi connectivity index (χ3v) is 24.9. The van der Waals surface area contributed by atoms with E-state index in [0.717, 1.165) is 152 Å². The summed E-state index contributed by atoms with van der Waals surface area (Å²) < 4.78 is 51.2. The van der Waals surface area contributed by atoms with Gasteiger partial charge >= 0.3 is 309 Å². The molecule has 0 saturated carbocycles. The average molecular weight is 763 g/mol. The summed E-state index contributed by atoms with van der Waals surface area (Å²) in [5.74, 6) is -1.48. The molecular formula is C40H76O7P2S. The van der Waals surface area contributed by atoms with Crippen LogP contribution in [0.25, 0.3) is 0 Å². The molecular weight excluding hydrogens is 686 g/mol. The van der Waals surface area contributed by atoms with E-state index in [9.17, 15) is 22.6 Å². The molecule has 0 fully saturated rings. The van der Waals surface area contributed by atoms with E-state index in [2.05, 4.69) is 55.4 Å². The molecule has 0 radical (unpaired) electrons. The van der Waals surface area contributed by atoms with Gasteiger partial charge in [0.15, 0.2) is 0 Å². The van der Waals surface area contributed by atoms with Crippen molar-refractivity contribution in [3.8, 4) is 0 Å². The normalized spacial score (nSPS) is 14.0. The third-order valence-electron chi connectivity index (χ3n) is 11.0. The van der Waals surface area contributed by atoms with Gasteiger partial charge < -0.3 is 0 Å². The minimum atomic E-state index is -5.01. The molecule has 10 heteroatoms. The van der Waals surface area contributed by atoms with Crippen LogP contribution in [0.5, 0.6) is 0 Å². The van der Waals surface area contributed by atoms with Crippen molar-refractivity contribution in [2.45, 2.75) is 163 Å². The van der Waals surface area contributed by atoms with Gasteiger partial charge in [-0.3, -0.25) is 0 Å². The van der Waals surface area contributed by atoms with Gasteiger partial charge in [-0.25, -0.2) is 0 Å². The number of hydrogen-bond donors (Lipinski definition) is 1. The fourth-order valence-electron chi connectivity index (χ4n) is 7.88. The zero-order chi connectivity index (χ0) is 37.8. The van der Waals surface area contributed by atoms with Crippen molar-refractivity contribution in [1.82, 2.24) is 0 Å². The van der Waals surface area contributed by atoms with Crippen molar-refractivity contribution in [1.29, 1.82) is 0 Å². The first-order valence-electron chi connectivity index (χ1n) is 20.3. The van der Waals surface area contributed by atoms with Crippen molar-refractivity contribution in [3.05, 3.63) is 29.3 Å². The first kappa shape index (κ1) is 47.0. The van der Waals surface area contributed by atoms with Crippen LogP contribution in [0.1, 0.15) is 179 Å². The van der Waals surface area contributed by atoms with Crippen molar-refractivity contribution < 1.29 is 31.6 Å². The number of carbonyl (C=O) groups excluding carboxylic acids is 2. The van der Waals surface area contributed by atoms with E-state index in [-0.39, 0.29) is 11.1 Å². The molecule has 1 aromatic carbocycles. The van der Waals surface area contributed by atoms with Crippen LogP contribution in [0.2, 0.25) is 0 Å². The Balaban J connectivity index is 4.04. The van der Waals surface area contributed by atoms with Gasteiger partial charge in [-0.2, -0.15) is 0 Å². The van der Waals surface area contributed by atoms with E-state index in [1.165, 1.54) is 18.2 Å². The summed E-state index contributed by atoms with van der Waals surface area (Å²) >= 11 is 0. The van der Waals surface area contributed by atoms with Gasteiger partial charge in [-0.15, -0.1) is 0 Å². The number of carbonyl (C=O) groups is 2. The molecule has 0 atom stereocenters. The topological polar surface area (TPSA) is 107 Å². The molecule has 0 unspecified atom stereocenters. The minimum absolute atomic E-state index is 0.263. The predicted octanol–water partition coefficient (Wildman–Crippen LogP) is 12.6. The van der Waals surface area contributed by atoms with Gasteiger partial charge in [-0.1, -0.05) is 0 Å². The molecule has 0 amide bonds. The molecule has 0 aliphatic rings. The molecule has 0 aromatic heterocycles. The Morgan fingerprint density at radius 1 is 0.500 bits per heavy atom. The summed E-state index contributed by atoms with van der Waals surface area (Å²) in [7, 11) is -5.01. The van der Waals surface area contributed by atoms with E-state index >= 15 is 0 Å². The van der Waals surface area contributed by atoms with Gasteiger partial charge in [0.1, 0.15) is 0 Å². The first-order valence-corrected chi connectivity index (χ1v) is 27.6. The zero-order valence-corrected chi connectivity index (χ0v) is 36.0. The standard InChI is InChI=1S/C40H76O7P2S/c1-9-17-28-48(29-18-10-2,30-19-11-3,31-20-12-4)46-39(41)36-26-25-27-37(38(36)50(43,44)45)40(42)47-49(32-21-13-5,33-22-14-6,34-23-15-7)35-24-16-8/h25-27H,9-24,28-35H2,1-8H3,(H,43,44,45). The quantitative estimate of drug-likeness (QED) is 0.0639. The summed E-state index contributed by atoms with van der Waals surface area (Å²) in [6.07, 6.45) is 21.7. The van der Waals surface area contributed by atoms with Crippen molar-refractivity contribution >= 4 is 35.7 Å². The maximum absolute atomic E-state index is 14.6. The molecule has 1 N–H and O–H groups in total. The van der Waals surface area contributed by atoms with E-state index in [4.69, 9.17) is 9.05 Å². The molecule has 0 aliphatic carbocycles. The van der Waals surface area contributed by atoms with Crippen molar-refractivity contribution in [2.75, 3.05) is 49.3 Å². The second-order valence-electron chi connectivity index (χ2n) is 15.2. The van der Waals surface area contributed by atoms with Crippen LogP contribution >= 0.6 is 13.7 Å². The number of benzene rings is 1. The van der Waals surface area contributed by atoms with E-state index in [0.29, 0.717) is 0 Å². The Kier molecular flexibility index (Phi) is 20.9. The van der Waals surface area contributed by atoms with Crippen LogP contribution < -0.4 is 0 Å². The van der Waals surface area contributed by atoms with Crippen LogP contribution in [0.4, 0.5) is 0 Å². The molecule has 0 heterocycles. The summed E-state index contributed by atoms with van der Waals surface area (Å²) in [5, 5.41) is 0. The van der Waals surface area contributed by atoms with Gasteiger partial charge in [0.25, 0.3) is 0 Å². The fraction of sp³-hybridized carbons (Fsp3) is 0.800. The molecule has 1 aromatic rings. The fourth-order valence-corrected chi connectivity index (χ4v) is 22.2. The Hall–Kier alpha value is -1.07. The van der Waals surface area contributed by atoms with Crippen molar-refractivity contribution in [3.63, 3.8) is 0 Å². The summed E-state index contributed by atoms with van der Waals surface area (Å²) in [5.41, 5.74) is -0.525. The average Bonchev–Trinajstić information content (AvgIpc) is 3.11. The Bertz CT molecular complexity index is 1110.